The lowest BCUT2D eigenvalue weighted by Gasteiger charge is -2.47. The summed E-state index contributed by atoms with van der Waals surface area (Å²) in [5.74, 6) is 2.99. The SMILES string of the molecule is CCC1CCC(Oc2ccc3cc(CNC45CCC(CC4)CC5)ccc3c2)CC1. The molecular formula is C27H37NO. The molecule has 29 heavy (non-hydrogen) atoms. The lowest BCUT2D eigenvalue weighted by molar-refractivity contribution is 0.104. The van der Waals surface area contributed by atoms with Crippen molar-refractivity contribution in [3.63, 3.8) is 0 Å². The van der Waals surface area contributed by atoms with Crippen molar-refractivity contribution in [1.29, 1.82) is 0 Å². The molecule has 0 saturated heterocycles. The average Bonchev–Trinajstić information content (AvgIpc) is 2.79. The van der Waals surface area contributed by atoms with E-state index in [2.05, 4.69) is 48.6 Å². The number of benzene rings is 2. The van der Waals surface area contributed by atoms with Crippen LogP contribution in [0.4, 0.5) is 0 Å². The molecule has 0 unspecified atom stereocenters. The van der Waals surface area contributed by atoms with Crippen molar-refractivity contribution in [1.82, 2.24) is 5.32 Å². The monoisotopic (exact) mass is 391 g/mol. The van der Waals surface area contributed by atoms with Crippen LogP contribution in [0.1, 0.15) is 83.1 Å². The molecule has 0 amide bonds. The van der Waals surface area contributed by atoms with Crippen LogP contribution < -0.4 is 10.1 Å². The van der Waals surface area contributed by atoms with Gasteiger partial charge < -0.3 is 10.1 Å². The van der Waals surface area contributed by atoms with E-state index in [1.165, 1.54) is 87.0 Å². The highest BCUT2D eigenvalue weighted by atomic mass is 16.5. The van der Waals surface area contributed by atoms with Gasteiger partial charge in [0.05, 0.1) is 6.10 Å². The molecule has 0 aromatic heterocycles. The van der Waals surface area contributed by atoms with Gasteiger partial charge in [-0.1, -0.05) is 31.5 Å². The molecular weight excluding hydrogens is 354 g/mol. The Morgan fingerprint density at radius 1 is 0.862 bits per heavy atom. The van der Waals surface area contributed by atoms with E-state index >= 15 is 0 Å². The van der Waals surface area contributed by atoms with E-state index in [-0.39, 0.29) is 0 Å². The largest absolute Gasteiger partial charge is 0.490 e. The second-order valence-electron chi connectivity index (χ2n) is 10.1. The molecule has 2 aromatic carbocycles. The molecule has 156 valence electrons. The number of rotatable bonds is 6. The van der Waals surface area contributed by atoms with E-state index in [1.807, 2.05) is 0 Å². The molecule has 0 aliphatic heterocycles. The van der Waals surface area contributed by atoms with Gasteiger partial charge in [0.15, 0.2) is 0 Å². The van der Waals surface area contributed by atoms with Crippen LogP contribution in [0, 0.1) is 11.8 Å². The van der Waals surface area contributed by atoms with Crippen LogP contribution in [0.15, 0.2) is 36.4 Å². The number of ether oxygens (including phenoxy) is 1. The molecule has 6 rings (SSSR count). The summed E-state index contributed by atoms with van der Waals surface area (Å²) < 4.78 is 6.33. The van der Waals surface area contributed by atoms with Gasteiger partial charge in [-0.2, -0.15) is 0 Å². The minimum Gasteiger partial charge on any atom is -0.490 e. The van der Waals surface area contributed by atoms with Gasteiger partial charge in [-0.05, 0) is 111 Å². The molecule has 0 heterocycles. The lowest BCUT2D eigenvalue weighted by atomic mass is 9.66. The predicted molar refractivity (Wildman–Crippen MR) is 121 cm³/mol. The molecule has 4 saturated carbocycles. The van der Waals surface area contributed by atoms with Crippen molar-refractivity contribution in [2.24, 2.45) is 11.8 Å². The number of hydrogen-bond donors (Lipinski definition) is 1. The van der Waals surface area contributed by atoms with Crippen LogP contribution in [-0.4, -0.2) is 11.6 Å². The molecule has 2 nitrogen and oxygen atoms in total. The summed E-state index contributed by atoms with van der Waals surface area (Å²) >= 11 is 0. The molecule has 0 spiro atoms. The smallest absolute Gasteiger partial charge is 0.120 e. The summed E-state index contributed by atoms with van der Waals surface area (Å²) in [6.45, 7) is 3.32. The van der Waals surface area contributed by atoms with Gasteiger partial charge in [0.25, 0.3) is 0 Å². The average molecular weight is 392 g/mol. The number of hydrogen-bond acceptors (Lipinski definition) is 2. The van der Waals surface area contributed by atoms with Gasteiger partial charge in [0, 0.05) is 12.1 Å². The van der Waals surface area contributed by atoms with E-state index in [0.29, 0.717) is 11.6 Å². The van der Waals surface area contributed by atoms with E-state index in [1.54, 1.807) is 0 Å². The molecule has 4 fully saturated rings. The van der Waals surface area contributed by atoms with Crippen LogP contribution in [0.25, 0.3) is 10.8 Å². The summed E-state index contributed by atoms with van der Waals surface area (Å²) in [5, 5.41) is 6.58. The second-order valence-corrected chi connectivity index (χ2v) is 10.1. The van der Waals surface area contributed by atoms with Gasteiger partial charge in [0.2, 0.25) is 0 Å². The Hall–Kier alpha value is -1.54. The van der Waals surface area contributed by atoms with Crippen LogP contribution in [0.5, 0.6) is 5.75 Å². The van der Waals surface area contributed by atoms with Gasteiger partial charge in [-0.15, -0.1) is 0 Å². The Labute approximate surface area is 176 Å². The Kier molecular flexibility index (Phi) is 5.56. The van der Waals surface area contributed by atoms with E-state index in [0.717, 1.165) is 24.1 Å². The van der Waals surface area contributed by atoms with Crippen molar-refractivity contribution in [3.05, 3.63) is 42.0 Å². The van der Waals surface area contributed by atoms with Crippen molar-refractivity contribution in [2.75, 3.05) is 0 Å². The first kappa shape index (κ1) is 19.4. The highest BCUT2D eigenvalue weighted by molar-refractivity contribution is 5.84. The Bertz CT molecular complexity index is 814. The molecule has 2 aromatic rings. The lowest BCUT2D eigenvalue weighted by Crippen LogP contribution is -2.51. The molecule has 4 aliphatic carbocycles. The van der Waals surface area contributed by atoms with Crippen LogP contribution in [0.2, 0.25) is 0 Å². The molecule has 2 heteroatoms. The summed E-state index contributed by atoms with van der Waals surface area (Å²) in [4.78, 5) is 0. The van der Waals surface area contributed by atoms with Crippen molar-refractivity contribution < 1.29 is 4.74 Å². The van der Waals surface area contributed by atoms with Gasteiger partial charge in [-0.3, -0.25) is 0 Å². The van der Waals surface area contributed by atoms with Gasteiger partial charge in [-0.25, -0.2) is 0 Å². The third-order valence-electron chi connectivity index (χ3n) is 8.31. The fraction of sp³-hybridized carbons (Fsp3) is 0.630. The normalized spacial score (nSPS) is 31.8. The maximum atomic E-state index is 6.33. The zero-order valence-electron chi connectivity index (χ0n) is 18.1. The van der Waals surface area contributed by atoms with Gasteiger partial charge >= 0.3 is 0 Å². The molecule has 0 radical (unpaired) electrons. The fourth-order valence-corrected chi connectivity index (χ4v) is 6.11. The topological polar surface area (TPSA) is 21.3 Å². The first-order valence-corrected chi connectivity index (χ1v) is 12.2. The highest BCUT2D eigenvalue weighted by Crippen LogP contribution is 2.44. The van der Waals surface area contributed by atoms with Crippen molar-refractivity contribution in [3.8, 4) is 5.75 Å². The Balaban J connectivity index is 1.21. The summed E-state index contributed by atoms with van der Waals surface area (Å²) in [5.41, 5.74) is 1.84. The molecule has 1 N–H and O–H groups in total. The summed E-state index contributed by atoms with van der Waals surface area (Å²) in [7, 11) is 0. The first-order chi connectivity index (χ1) is 14.2. The van der Waals surface area contributed by atoms with E-state index < -0.39 is 0 Å². The van der Waals surface area contributed by atoms with E-state index in [4.69, 9.17) is 4.74 Å². The minimum absolute atomic E-state index is 0.406. The van der Waals surface area contributed by atoms with Crippen LogP contribution in [-0.2, 0) is 6.54 Å². The van der Waals surface area contributed by atoms with Crippen LogP contribution in [0.3, 0.4) is 0 Å². The molecule has 0 atom stereocenters. The maximum absolute atomic E-state index is 6.33. The molecule has 2 bridgehead atoms. The minimum atomic E-state index is 0.406. The zero-order chi connectivity index (χ0) is 19.7. The quantitative estimate of drug-likeness (QED) is 0.572. The van der Waals surface area contributed by atoms with Crippen LogP contribution >= 0.6 is 0 Å². The Morgan fingerprint density at radius 3 is 2.28 bits per heavy atom. The standard InChI is InChI=1S/C27H37NO/c1-2-20-4-8-25(9-5-20)29-26-10-7-23-17-22(3-6-24(23)18-26)19-28-27-14-11-21(12-15-27)13-16-27/h3,6-7,10,17-18,20-21,25,28H,2,4-5,8-9,11-16,19H2,1H3. The Morgan fingerprint density at radius 2 is 1.55 bits per heavy atom. The fourth-order valence-electron chi connectivity index (χ4n) is 6.11. The van der Waals surface area contributed by atoms with Crippen molar-refractivity contribution >= 4 is 10.8 Å². The third kappa shape index (κ3) is 4.33. The number of fused-ring (bicyclic) bond motifs is 4. The van der Waals surface area contributed by atoms with E-state index in [9.17, 15) is 0 Å². The molecule has 4 aliphatic rings. The first-order valence-electron chi connectivity index (χ1n) is 12.2. The maximum Gasteiger partial charge on any atom is 0.120 e. The zero-order valence-corrected chi connectivity index (χ0v) is 18.1. The third-order valence-corrected chi connectivity index (χ3v) is 8.31. The van der Waals surface area contributed by atoms with Gasteiger partial charge in [0.1, 0.15) is 5.75 Å². The number of nitrogens with one attached hydrogen (secondary N) is 1. The summed E-state index contributed by atoms with van der Waals surface area (Å²) in [6, 6.07) is 13.6. The second kappa shape index (κ2) is 8.30. The summed E-state index contributed by atoms with van der Waals surface area (Å²) in [6.07, 6.45) is 15.3. The highest BCUT2D eigenvalue weighted by Gasteiger charge is 2.39. The van der Waals surface area contributed by atoms with Crippen molar-refractivity contribution in [2.45, 2.75) is 95.7 Å². The predicted octanol–water partition coefficient (Wildman–Crippen LogP) is 7.00.